The Balaban J connectivity index is 0.969. The lowest BCUT2D eigenvalue weighted by molar-refractivity contribution is -0.243. The molecule has 0 unspecified atom stereocenters. The van der Waals surface area contributed by atoms with Gasteiger partial charge in [-0.2, -0.15) is 0 Å². The van der Waals surface area contributed by atoms with E-state index < -0.39 is 30.4 Å². The molecule has 10 nitrogen and oxygen atoms in total. The van der Waals surface area contributed by atoms with Crippen LogP contribution in [0.1, 0.15) is 42.4 Å². The number of aromatic nitrogens is 3. The number of esters is 3. The third-order valence-corrected chi connectivity index (χ3v) is 8.89. The molecule has 246 valence electrons. The van der Waals surface area contributed by atoms with E-state index in [9.17, 15) is 14.4 Å². The fourth-order valence-electron chi connectivity index (χ4n) is 6.43. The van der Waals surface area contributed by atoms with Crippen molar-refractivity contribution in [1.82, 2.24) is 15.0 Å². The molecular formula is C38H37N3O7. The number of hydrogen-bond donors (Lipinski definition) is 3. The average Bonchev–Trinajstić information content (AvgIpc) is 3.83. The molecule has 10 heteroatoms. The van der Waals surface area contributed by atoms with Crippen LogP contribution in [0.25, 0.3) is 32.7 Å². The van der Waals surface area contributed by atoms with Crippen molar-refractivity contribution in [3.8, 4) is 0 Å². The number of carbonyl (C=O) groups excluding carboxylic acids is 3. The molecule has 3 aromatic heterocycles. The summed E-state index contributed by atoms with van der Waals surface area (Å²) in [6, 6.07) is 23.7. The second-order valence-electron chi connectivity index (χ2n) is 12.1. The summed E-state index contributed by atoms with van der Waals surface area (Å²) in [6.45, 7) is 0.0165. The zero-order valence-electron chi connectivity index (χ0n) is 26.4. The molecule has 3 atom stereocenters. The molecule has 0 saturated carbocycles. The van der Waals surface area contributed by atoms with Crippen molar-refractivity contribution >= 4 is 50.6 Å². The number of ether oxygens (including phenoxy) is 4. The standard InChI is InChI=1S/C38H37N3O7/c42-35(16-13-24-20-39-31-10-4-1-7-28(24)31)46-27-19-34(47-36(43)17-14-25-21-40-32-11-5-2-8-29(25)32)38(45-23-27)48-37(44)18-15-26-22-41-33-12-6-3-9-30(26)33/h1-12,20-22,27,34,38-41H,13-19,23H2/t27-,34+,38+/m0/s1. The summed E-state index contributed by atoms with van der Waals surface area (Å²) in [7, 11) is 0. The van der Waals surface area contributed by atoms with E-state index in [0.29, 0.717) is 19.3 Å². The third-order valence-electron chi connectivity index (χ3n) is 8.89. The summed E-state index contributed by atoms with van der Waals surface area (Å²) in [5.41, 5.74) is 6.05. The number of nitrogens with one attached hydrogen (secondary N) is 3. The van der Waals surface area contributed by atoms with Gasteiger partial charge in [0, 0.05) is 77.0 Å². The Morgan fingerprint density at radius 3 is 1.48 bits per heavy atom. The maximum absolute atomic E-state index is 13.1. The molecule has 1 aliphatic heterocycles. The second-order valence-corrected chi connectivity index (χ2v) is 12.1. The van der Waals surface area contributed by atoms with E-state index in [1.54, 1.807) is 0 Å². The van der Waals surface area contributed by atoms with Crippen LogP contribution in [0.4, 0.5) is 0 Å². The molecule has 1 fully saturated rings. The molecule has 1 aliphatic rings. The van der Waals surface area contributed by atoms with Crippen molar-refractivity contribution < 1.29 is 33.3 Å². The number of aryl methyl sites for hydroxylation is 3. The van der Waals surface area contributed by atoms with Gasteiger partial charge in [-0.05, 0) is 54.2 Å². The lowest BCUT2D eigenvalue weighted by Gasteiger charge is -2.34. The molecule has 0 radical (unpaired) electrons. The first-order valence-corrected chi connectivity index (χ1v) is 16.3. The van der Waals surface area contributed by atoms with E-state index in [1.165, 1.54) is 0 Å². The second kappa shape index (κ2) is 14.2. The van der Waals surface area contributed by atoms with Crippen LogP contribution in [0.15, 0.2) is 91.4 Å². The Labute approximate surface area is 276 Å². The number of carbonyl (C=O) groups is 3. The highest BCUT2D eigenvalue weighted by Gasteiger charge is 2.38. The summed E-state index contributed by atoms with van der Waals surface area (Å²) in [5, 5.41) is 3.17. The summed E-state index contributed by atoms with van der Waals surface area (Å²) in [6.07, 6.45) is 5.02. The first-order chi connectivity index (χ1) is 23.5. The minimum atomic E-state index is -1.11. The summed E-state index contributed by atoms with van der Waals surface area (Å²) in [4.78, 5) is 48.6. The van der Waals surface area contributed by atoms with Gasteiger partial charge in [-0.3, -0.25) is 14.4 Å². The predicted molar refractivity (Wildman–Crippen MR) is 180 cm³/mol. The molecule has 3 N–H and O–H groups in total. The highest BCUT2D eigenvalue weighted by Crippen LogP contribution is 2.26. The number of rotatable bonds is 12. The molecule has 3 aromatic carbocycles. The van der Waals surface area contributed by atoms with Crippen LogP contribution in [0, 0.1) is 0 Å². The monoisotopic (exact) mass is 647 g/mol. The van der Waals surface area contributed by atoms with Crippen molar-refractivity contribution in [1.29, 1.82) is 0 Å². The number of benzene rings is 3. The molecule has 0 spiro atoms. The predicted octanol–water partition coefficient (Wildman–Crippen LogP) is 6.44. The fourth-order valence-corrected chi connectivity index (χ4v) is 6.43. The Hall–Kier alpha value is -5.35. The molecule has 6 aromatic rings. The summed E-state index contributed by atoms with van der Waals surface area (Å²) < 4.78 is 23.2. The highest BCUT2D eigenvalue weighted by atomic mass is 16.7. The Morgan fingerprint density at radius 1 is 0.583 bits per heavy atom. The fraction of sp³-hybridized carbons (Fsp3) is 0.289. The minimum absolute atomic E-state index is 0.0165. The molecule has 4 heterocycles. The Morgan fingerprint density at radius 2 is 1.00 bits per heavy atom. The molecule has 0 aliphatic carbocycles. The SMILES string of the molecule is O=C(CCc1c[nH]c2ccccc12)O[C@@H]1CO[C@H](OC(=O)CCc2c[nH]c3ccccc23)[C@H](OC(=O)CCc2c[nH]c3ccccc23)C1. The van der Waals surface area contributed by atoms with Crippen LogP contribution in [-0.4, -0.2) is 58.0 Å². The quantitative estimate of drug-likeness (QED) is 0.103. The van der Waals surface area contributed by atoms with E-state index >= 15 is 0 Å². The summed E-state index contributed by atoms with van der Waals surface area (Å²) in [5.74, 6) is -1.31. The van der Waals surface area contributed by atoms with Gasteiger partial charge in [0.05, 0.1) is 6.61 Å². The van der Waals surface area contributed by atoms with Crippen molar-refractivity contribution in [2.45, 2.75) is 63.4 Å². The van der Waals surface area contributed by atoms with Gasteiger partial charge in [0.25, 0.3) is 0 Å². The van der Waals surface area contributed by atoms with E-state index in [0.717, 1.165) is 49.4 Å². The third kappa shape index (κ3) is 7.13. The molecule has 48 heavy (non-hydrogen) atoms. The van der Waals surface area contributed by atoms with Crippen LogP contribution in [-0.2, 0) is 52.6 Å². The molecular weight excluding hydrogens is 610 g/mol. The molecule has 1 saturated heterocycles. The number of fused-ring (bicyclic) bond motifs is 3. The van der Waals surface area contributed by atoms with Gasteiger partial charge >= 0.3 is 17.9 Å². The van der Waals surface area contributed by atoms with Crippen LogP contribution in [0.5, 0.6) is 0 Å². The van der Waals surface area contributed by atoms with Gasteiger partial charge in [-0.1, -0.05) is 54.6 Å². The van der Waals surface area contributed by atoms with Gasteiger partial charge in [0.1, 0.15) is 6.10 Å². The zero-order valence-corrected chi connectivity index (χ0v) is 26.4. The normalized spacial score (nSPS) is 17.9. The van der Waals surface area contributed by atoms with E-state index in [-0.39, 0.29) is 38.3 Å². The van der Waals surface area contributed by atoms with E-state index in [4.69, 9.17) is 18.9 Å². The van der Waals surface area contributed by atoms with Gasteiger partial charge in [0.2, 0.25) is 6.29 Å². The topological polar surface area (TPSA) is 136 Å². The van der Waals surface area contributed by atoms with E-state index in [2.05, 4.69) is 15.0 Å². The van der Waals surface area contributed by atoms with Crippen LogP contribution in [0.3, 0.4) is 0 Å². The van der Waals surface area contributed by atoms with Crippen LogP contribution < -0.4 is 0 Å². The van der Waals surface area contributed by atoms with Crippen molar-refractivity contribution in [2.24, 2.45) is 0 Å². The van der Waals surface area contributed by atoms with Gasteiger partial charge in [-0.15, -0.1) is 0 Å². The lowest BCUT2D eigenvalue weighted by atomic mass is 10.1. The van der Waals surface area contributed by atoms with E-state index in [1.807, 2.05) is 91.4 Å². The highest BCUT2D eigenvalue weighted by molar-refractivity contribution is 5.85. The maximum atomic E-state index is 13.1. The Kier molecular flexibility index (Phi) is 9.24. The molecule has 0 amide bonds. The van der Waals surface area contributed by atoms with Crippen molar-refractivity contribution in [3.63, 3.8) is 0 Å². The number of aromatic amines is 3. The largest absolute Gasteiger partial charge is 0.460 e. The first kappa shape index (κ1) is 31.3. The number of hydrogen-bond acceptors (Lipinski definition) is 7. The van der Waals surface area contributed by atoms with Crippen molar-refractivity contribution in [2.75, 3.05) is 6.61 Å². The number of para-hydroxylation sites is 3. The minimum Gasteiger partial charge on any atom is -0.460 e. The van der Waals surface area contributed by atoms with Crippen LogP contribution in [0.2, 0.25) is 0 Å². The maximum Gasteiger partial charge on any atom is 0.308 e. The zero-order chi connectivity index (χ0) is 32.9. The van der Waals surface area contributed by atoms with Gasteiger partial charge < -0.3 is 33.9 Å². The number of H-pyrrole nitrogens is 3. The average molecular weight is 648 g/mol. The van der Waals surface area contributed by atoms with Gasteiger partial charge in [-0.25, -0.2) is 0 Å². The van der Waals surface area contributed by atoms with Gasteiger partial charge in [0.15, 0.2) is 6.10 Å². The van der Waals surface area contributed by atoms with Crippen LogP contribution >= 0.6 is 0 Å². The summed E-state index contributed by atoms with van der Waals surface area (Å²) >= 11 is 0. The molecule has 0 bridgehead atoms. The smallest absolute Gasteiger partial charge is 0.308 e. The first-order valence-electron chi connectivity index (χ1n) is 16.3. The molecule has 7 rings (SSSR count). The Bertz CT molecular complexity index is 2060. The van der Waals surface area contributed by atoms with Crippen molar-refractivity contribution in [3.05, 3.63) is 108 Å². The lowest BCUT2D eigenvalue weighted by Crippen LogP contribution is -2.47.